The minimum absolute atomic E-state index is 0.190. The van der Waals surface area contributed by atoms with Crippen molar-refractivity contribution < 1.29 is 4.79 Å². The standard InChI is InChI=1S/C18H26N2O/c19-12-16-7-3-4-8-17(16)20-18(21)15-10-9-13-5-1-2-6-14(13)11-15/h3-4,7-8,13-15H,1-2,5-6,9-12,19H2,(H,20,21). The Kier molecular flexibility index (Phi) is 4.59. The number of amides is 1. The number of anilines is 1. The van der Waals surface area contributed by atoms with Crippen molar-refractivity contribution in [3.8, 4) is 0 Å². The highest BCUT2D eigenvalue weighted by Gasteiger charge is 2.35. The van der Waals surface area contributed by atoms with E-state index in [1.807, 2.05) is 24.3 Å². The van der Waals surface area contributed by atoms with Gasteiger partial charge in [0, 0.05) is 18.2 Å². The maximum atomic E-state index is 12.6. The molecule has 0 aliphatic heterocycles. The fourth-order valence-electron chi connectivity index (χ4n) is 4.17. The molecule has 3 unspecified atom stereocenters. The summed E-state index contributed by atoms with van der Waals surface area (Å²) in [6.07, 6.45) is 8.83. The molecule has 0 radical (unpaired) electrons. The summed E-state index contributed by atoms with van der Waals surface area (Å²) in [5, 5.41) is 3.11. The van der Waals surface area contributed by atoms with Gasteiger partial charge in [-0.15, -0.1) is 0 Å². The quantitative estimate of drug-likeness (QED) is 0.890. The number of nitrogens with two attached hydrogens (primary N) is 1. The summed E-state index contributed by atoms with van der Waals surface area (Å²) in [6, 6.07) is 7.85. The molecule has 3 N–H and O–H groups in total. The van der Waals surface area contributed by atoms with Crippen molar-refractivity contribution in [2.45, 2.75) is 51.5 Å². The predicted molar refractivity (Wildman–Crippen MR) is 85.8 cm³/mol. The van der Waals surface area contributed by atoms with Crippen molar-refractivity contribution in [3.63, 3.8) is 0 Å². The fourth-order valence-corrected chi connectivity index (χ4v) is 4.17. The first kappa shape index (κ1) is 14.6. The van der Waals surface area contributed by atoms with Gasteiger partial charge in [-0.25, -0.2) is 0 Å². The van der Waals surface area contributed by atoms with E-state index in [2.05, 4.69) is 5.32 Å². The maximum absolute atomic E-state index is 12.6. The second-order valence-electron chi connectivity index (χ2n) is 6.67. The molecule has 3 atom stereocenters. The lowest BCUT2D eigenvalue weighted by atomic mass is 9.67. The number of para-hydroxylation sites is 1. The highest BCUT2D eigenvalue weighted by molar-refractivity contribution is 5.93. The average molecular weight is 286 g/mol. The Hall–Kier alpha value is -1.35. The Morgan fingerprint density at radius 2 is 1.86 bits per heavy atom. The average Bonchev–Trinajstić information content (AvgIpc) is 2.55. The lowest BCUT2D eigenvalue weighted by Gasteiger charge is -2.38. The molecule has 0 bridgehead atoms. The highest BCUT2D eigenvalue weighted by Crippen LogP contribution is 2.42. The molecule has 0 saturated heterocycles. The van der Waals surface area contributed by atoms with Crippen molar-refractivity contribution in [1.29, 1.82) is 0 Å². The van der Waals surface area contributed by atoms with Crippen molar-refractivity contribution >= 4 is 11.6 Å². The Bertz CT molecular complexity index is 500. The van der Waals surface area contributed by atoms with Crippen molar-refractivity contribution in [3.05, 3.63) is 29.8 Å². The molecular formula is C18H26N2O. The zero-order chi connectivity index (χ0) is 14.7. The maximum Gasteiger partial charge on any atom is 0.227 e. The molecule has 114 valence electrons. The molecule has 3 rings (SSSR count). The van der Waals surface area contributed by atoms with E-state index in [1.54, 1.807) is 0 Å². The van der Waals surface area contributed by atoms with E-state index in [-0.39, 0.29) is 11.8 Å². The Labute approximate surface area is 127 Å². The van der Waals surface area contributed by atoms with Gasteiger partial charge >= 0.3 is 0 Å². The molecule has 1 aromatic carbocycles. The molecule has 2 saturated carbocycles. The molecule has 21 heavy (non-hydrogen) atoms. The topological polar surface area (TPSA) is 55.1 Å². The summed E-state index contributed by atoms with van der Waals surface area (Å²) >= 11 is 0. The summed E-state index contributed by atoms with van der Waals surface area (Å²) in [6.45, 7) is 0.464. The first-order valence-electron chi connectivity index (χ1n) is 8.36. The molecule has 3 nitrogen and oxygen atoms in total. The zero-order valence-corrected chi connectivity index (χ0v) is 12.7. The third-order valence-corrected chi connectivity index (χ3v) is 5.41. The highest BCUT2D eigenvalue weighted by atomic mass is 16.1. The van der Waals surface area contributed by atoms with E-state index in [0.717, 1.165) is 35.9 Å². The van der Waals surface area contributed by atoms with Crippen LogP contribution in [0.25, 0.3) is 0 Å². The fraction of sp³-hybridized carbons (Fsp3) is 0.611. The van der Waals surface area contributed by atoms with Crippen LogP contribution in [0.2, 0.25) is 0 Å². The summed E-state index contributed by atoms with van der Waals surface area (Å²) in [5.41, 5.74) is 7.64. The molecule has 2 aliphatic rings. The molecule has 1 amide bonds. The normalized spacial score (nSPS) is 28.7. The smallest absolute Gasteiger partial charge is 0.227 e. The first-order chi connectivity index (χ1) is 10.3. The number of nitrogens with one attached hydrogen (secondary N) is 1. The number of rotatable bonds is 3. The summed E-state index contributed by atoms with van der Waals surface area (Å²) in [5.74, 6) is 2.06. The van der Waals surface area contributed by atoms with E-state index in [4.69, 9.17) is 5.73 Å². The summed E-state index contributed by atoms with van der Waals surface area (Å²) in [7, 11) is 0. The van der Waals surface area contributed by atoms with Crippen LogP contribution in [0.4, 0.5) is 5.69 Å². The second-order valence-corrected chi connectivity index (χ2v) is 6.67. The SMILES string of the molecule is NCc1ccccc1NC(=O)C1CCC2CCCCC2C1. The first-order valence-corrected chi connectivity index (χ1v) is 8.36. The molecule has 1 aromatic rings. The van der Waals surface area contributed by atoms with Gasteiger partial charge in [-0.05, 0) is 42.7 Å². The van der Waals surface area contributed by atoms with Crippen molar-refractivity contribution in [1.82, 2.24) is 0 Å². The van der Waals surface area contributed by atoms with Gasteiger partial charge in [0.2, 0.25) is 5.91 Å². The van der Waals surface area contributed by atoms with Crippen LogP contribution in [0.15, 0.2) is 24.3 Å². The van der Waals surface area contributed by atoms with Gasteiger partial charge in [-0.1, -0.05) is 43.9 Å². The van der Waals surface area contributed by atoms with Gasteiger partial charge in [0.05, 0.1) is 0 Å². The predicted octanol–water partition coefficient (Wildman–Crippen LogP) is 3.69. The van der Waals surface area contributed by atoms with Crippen LogP contribution in [0.1, 0.15) is 50.5 Å². The monoisotopic (exact) mass is 286 g/mol. The number of carbonyl (C=O) groups excluding carboxylic acids is 1. The van der Waals surface area contributed by atoms with Crippen LogP contribution in [-0.4, -0.2) is 5.91 Å². The van der Waals surface area contributed by atoms with E-state index < -0.39 is 0 Å². The second kappa shape index (κ2) is 6.61. The van der Waals surface area contributed by atoms with Crippen LogP contribution in [0, 0.1) is 17.8 Å². The lowest BCUT2D eigenvalue weighted by molar-refractivity contribution is -0.122. The number of benzene rings is 1. The molecule has 0 spiro atoms. The van der Waals surface area contributed by atoms with E-state index >= 15 is 0 Å². The molecule has 0 heterocycles. The number of fused-ring (bicyclic) bond motifs is 1. The van der Waals surface area contributed by atoms with Gasteiger partial charge in [-0.3, -0.25) is 4.79 Å². The van der Waals surface area contributed by atoms with Crippen molar-refractivity contribution in [2.24, 2.45) is 23.5 Å². The van der Waals surface area contributed by atoms with E-state index in [9.17, 15) is 4.79 Å². The lowest BCUT2D eigenvalue weighted by Crippen LogP contribution is -2.34. The van der Waals surface area contributed by atoms with Gasteiger partial charge in [0.1, 0.15) is 0 Å². The molecule has 0 aromatic heterocycles. The van der Waals surface area contributed by atoms with E-state index in [0.29, 0.717) is 6.54 Å². The number of carbonyl (C=O) groups is 1. The molecule has 2 aliphatic carbocycles. The van der Waals surface area contributed by atoms with Crippen LogP contribution in [-0.2, 0) is 11.3 Å². The van der Waals surface area contributed by atoms with Crippen LogP contribution in [0.3, 0.4) is 0 Å². The largest absolute Gasteiger partial charge is 0.326 e. The van der Waals surface area contributed by atoms with Crippen LogP contribution in [0.5, 0.6) is 0 Å². The van der Waals surface area contributed by atoms with Crippen LogP contribution < -0.4 is 11.1 Å². The van der Waals surface area contributed by atoms with Gasteiger partial charge < -0.3 is 11.1 Å². The minimum atomic E-state index is 0.190. The van der Waals surface area contributed by atoms with Gasteiger partial charge in [-0.2, -0.15) is 0 Å². The molecule has 2 fully saturated rings. The van der Waals surface area contributed by atoms with Gasteiger partial charge in [0.25, 0.3) is 0 Å². The van der Waals surface area contributed by atoms with Crippen LogP contribution >= 0.6 is 0 Å². The van der Waals surface area contributed by atoms with E-state index in [1.165, 1.54) is 32.1 Å². The Morgan fingerprint density at radius 1 is 1.10 bits per heavy atom. The summed E-state index contributed by atoms with van der Waals surface area (Å²) < 4.78 is 0. The molecular weight excluding hydrogens is 260 g/mol. The third-order valence-electron chi connectivity index (χ3n) is 5.41. The third kappa shape index (κ3) is 3.29. The van der Waals surface area contributed by atoms with Crippen molar-refractivity contribution in [2.75, 3.05) is 5.32 Å². The number of hydrogen-bond donors (Lipinski definition) is 2. The Morgan fingerprint density at radius 3 is 2.67 bits per heavy atom. The van der Waals surface area contributed by atoms with Gasteiger partial charge in [0.15, 0.2) is 0 Å². The summed E-state index contributed by atoms with van der Waals surface area (Å²) in [4.78, 5) is 12.6. The minimum Gasteiger partial charge on any atom is -0.326 e. The zero-order valence-electron chi connectivity index (χ0n) is 12.7. The number of hydrogen-bond acceptors (Lipinski definition) is 2. The Balaban J connectivity index is 1.63. The molecule has 3 heteroatoms.